The molecule has 2 nitrogen and oxygen atoms in total. The molecule has 0 amide bonds. The molecular formula is C19H20F6N2. The highest BCUT2D eigenvalue weighted by Gasteiger charge is 2.30. The molecule has 2 N–H and O–H groups in total. The Labute approximate surface area is 153 Å². The fraction of sp³-hybridized carbons (Fsp3) is 0.368. The lowest BCUT2D eigenvalue weighted by Gasteiger charge is -2.22. The molecule has 0 aromatic heterocycles. The summed E-state index contributed by atoms with van der Waals surface area (Å²) in [5, 5.41) is 6.22. The maximum atomic E-state index is 12.6. The van der Waals surface area contributed by atoms with E-state index in [1.54, 1.807) is 0 Å². The Kier molecular flexibility index (Phi) is 6.28. The van der Waals surface area contributed by atoms with Crippen molar-refractivity contribution in [3.8, 4) is 0 Å². The molecule has 27 heavy (non-hydrogen) atoms. The van der Waals surface area contributed by atoms with Crippen LogP contribution in [-0.2, 0) is 12.4 Å². The highest BCUT2D eigenvalue weighted by atomic mass is 19.4. The lowest BCUT2D eigenvalue weighted by atomic mass is 10.1. The topological polar surface area (TPSA) is 24.1 Å². The Morgan fingerprint density at radius 2 is 0.926 bits per heavy atom. The van der Waals surface area contributed by atoms with Crippen LogP contribution in [0.2, 0.25) is 0 Å². The third-order valence-electron chi connectivity index (χ3n) is 3.96. The van der Waals surface area contributed by atoms with Crippen molar-refractivity contribution in [2.75, 3.05) is 10.6 Å². The average Bonchev–Trinajstić information content (AvgIpc) is 2.53. The van der Waals surface area contributed by atoms with Gasteiger partial charge in [0.2, 0.25) is 0 Å². The number of alkyl halides is 6. The molecule has 0 saturated heterocycles. The predicted molar refractivity (Wildman–Crippen MR) is 93.7 cm³/mol. The lowest BCUT2D eigenvalue weighted by molar-refractivity contribution is -0.138. The van der Waals surface area contributed by atoms with Crippen LogP contribution >= 0.6 is 0 Å². The molecule has 0 heterocycles. The molecule has 2 aromatic carbocycles. The smallest absolute Gasteiger partial charge is 0.383 e. The highest BCUT2D eigenvalue weighted by Crippen LogP contribution is 2.31. The monoisotopic (exact) mass is 390 g/mol. The SMILES string of the molecule is CC(CC(C)Nc1ccc(C(F)(F)F)cc1)Nc1ccc(C(F)(F)F)cc1. The van der Waals surface area contributed by atoms with Crippen LogP contribution in [0.3, 0.4) is 0 Å². The first kappa shape index (κ1) is 20.9. The van der Waals surface area contributed by atoms with Crippen LogP contribution in [0.5, 0.6) is 0 Å². The average molecular weight is 390 g/mol. The van der Waals surface area contributed by atoms with Crippen molar-refractivity contribution in [1.29, 1.82) is 0 Å². The third kappa shape index (κ3) is 6.37. The molecule has 2 atom stereocenters. The highest BCUT2D eigenvalue weighted by molar-refractivity contribution is 5.47. The second-order valence-corrected chi connectivity index (χ2v) is 6.48. The van der Waals surface area contributed by atoms with Crippen molar-refractivity contribution >= 4 is 11.4 Å². The fourth-order valence-corrected chi connectivity index (χ4v) is 2.73. The summed E-state index contributed by atoms with van der Waals surface area (Å²) >= 11 is 0. The van der Waals surface area contributed by atoms with Gasteiger partial charge in [-0.3, -0.25) is 0 Å². The normalized spacial score (nSPS) is 14.5. The zero-order chi connectivity index (χ0) is 20.2. The van der Waals surface area contributed by atoms with Crippen molar-refractivity contribution in [3.05, 3.63) is 59.7 Å². The minimum atomic E-state index is -4.37. The molecule has 0 aliphatic heterocycles. The maximum absolute atomic E-state index is 12.6. The molecule has 0 aliphatic carbocycles. The fourth-order valence-electron chi connectivity index (χ4n) is 2.73. The Bertz CT molecular complexity index is 656. The van der Waals surface area contributed by atoms with Crippen LogP contribution in [0.4, 0.5) is 37.7 Å². The Balaban J connectivity index is 1.87. The molecule has 0 spiro atoms. The van der Waals surface area contributed by atoms with Gasteiger partial charge in [-0.1, -0.05) is 0 Å². The van der Waals surface area contributed by atoms with E-state index < -0.39 is 23.5 Å². The van der Waals surface area contributed by atoms with Gasteiger partial charge in [0.25, 0.3) is 0 Å². The van der Waals surface area contributed by atoms with Crippen molar-refractivity contribution in [1.82, 2.24) is 0 Å². The first-order valence-electron chi connectivity index (χ1n) is 8.33. The largest absolute Gasteiger partial charge is 0.416 e. The zero-order valence-corrected chi connectivity index (χ0v) is 14.7. The van der Waals surface area contributed by atoms with Crippen molar-refractivity contribution in [2.24, 2.45) is 0 Å². The van der Waals surface area contributed by atoms with Gasteiger partial charge < -0.3 is 10.6 Å². The number of rotatable bonds is 6. The summed E-state index contributed by atoms with van der Waals surface area (Å²) in [5.74, 6) is 0. The molecule has 2 rings (SSSR count). The van der Waals surface area contributed by atoms with E-state index in [1.807, 2.05) is 13.8 Å². The summed E-state index contributed by atoms with van der Waals surface area (Å²) < 4.78 is 75.4. The second-order valence-electron chi connectivity index (χ2n) is 6.48. The summed E-state index contributed by atoms with van der Waals surface area (Å²) in [4.78, 5) is 0. The molecule has 0 bridgehead atoms. The summed E-state index contributed by atoms with van der Waals surface area (Å²) in [5.41, 5.74) is -0.287. The minimum Gasteiger partial charge on any atom is -0.383 e. The molecule has 0 fully saturated rings. The lowest BCUT2D eigenvalue weighted by Crippen LogP contribution is -2.26. The summed E-state index contributed by atoms with van der Waals surface area (Å²) in [7, 11) is 0. The Morgan fingerprint density at radius 1 is 0.630 bits per heavy atom. The molecule has 0 aliphatic rings. The number of hydrogen-bond donors (Lipinski definition) is 2. The van der Waals surface area contributed by atoms with Crippen LogP contribution in [0.1, 0.15) is 31.4 Å². The second kappa shape index (κ2) is 8.10. The van der Waals surface area contributed by atoms with Gasteiger partial charge in [-0.2, -0.15) is 26.3 Å². The van der Waals surface area contributed by atoms with Gasteiger partial charge in [0.1, 0.15) is 0 Å². The molecule has 0 radical (unpaired) electrons. The van der Waals surface area contributed by atoms with Crippen LogP contribution in [0.25, 0.3) is 0 Å². The van der Waals surface area contributed by atoms with Crippen LogP contribution in [-0.4, -0.2) is 12.1 Å². The Morgan fingerprint density at radius 3 is 1.19 bits per heavy atom. The van der Waals surface area contributed by atoms with Crippen LogP contribution in [0, 0.1) is 0 Å². The first-order valence-corrected chi connectivity index (χ1v) is 8.33. The van der Waals surface area contributed by atoms with Gasteiger partial charge >= 0.3 is 12.4 Å². The number of benzene rings is 2. The molecule has 0 saturated carbocycles. The van der Waals surface area contributed by atoms with Gasteiger partial charge in [-0.05, 0) is 68.8 Å². The zero-order valence-electron chi connectivity index (χ0n) is 14.7. The first-order chi connectivity index (χ1) is 12.4. The van der Waals surface area contributed by atoms with E-state index in [2.05, 4.69) is 10.6 Å². The molecule has 2 unspecified atom stereocenters. The minimum absolute atomic E-state index is 0.0568. The van der Waals surface area contributed by atoms with Gasteiger partial charge in [0.15, 0.2) is 0 Å². The van der Waals surface area contributed by atoms with E-state index in [9.17, 15) is 26.3 Å². The molecule has 2 aromatic rings. The molecule has 148 valence electrons. The quantitative estimate of drug-likeness (QED) is 0.557. The molecular weight excluding hydrogens is 370 g/mol. The van der Waals surface area contributed by atoms with Gasteiger partial charge in [-0.15, -0.1) is 0 Å². The predicted octanol–water partition coefficient (Wildman–Crippen LogP) is 6.42. The summed E-state index contributed by atoms with van der Waals surface area (Å²) in [6, 6.07) is 9.41. The summed E-state index contributed by atoms with van der Waals surface area (Å²) in [6.07, 6.45) is -8.13. The maximum Gasteiger partial charge on any atom is 0.416 e. The van der Waals surface area contributed by atoms with Crippen molar-refractivity contribution in [3.63, 3.8) is 0 Å². The Hall–Kier alpha value is -2.38. The van der Waals surface area contributed by atoms with E-state index in [-0.39, 0.29) is 12.1 Å². The van der Waals surface area contributed by atoms with Gasteiger partial charge in [0.05, 0.1) is 11.1 Å². The van der Waals surface area contributed by atoms with Gasteiger partial charge in [-0.25, -0.2) is 0 Å². The van der Waals surface area contributed by atoms with E-state index in [0.717, 1.165) is 24.3 Å². The van der Waals surface area contributed by atoms with Crippen molar-refractivity contribution < 1.29 is 26.3 Å². The van der Waals surface area contributed by atoms with E-state index >= 15 is 0 Å². The van der Waals surface area contributed by atoms with Crippen LogP contribution < -0.4 is 10.6 Å². The number of hydrogen-bond acceptors (Lipinski definition) is 2. The van der Waals surface area contributed by atoms with E-state index in [0.29, 0.717) is 17.8 Å². The van der Waals surface area contributed by atoms with Crippen LogP contribution in [0.15, 0.2) is 48.5 Å². The number of anilines is 2. The standard InChI is InChI=1S/C19H20F6N2/c1-12(26-16-7-3-14(4-8-16)18(20,21)22)11-13(2)27-17-9-5-15(6-10-17)19(23,24)25/h3-10,12-13,26-27H,11H2,1-2H3. The molecule has 8 heteroatoms. The number of halogens is 6. The van der Waals surface area contributed by atoms with Crippen molar-refractivity contribution in [2.45, 2.75) is 44.7 Å². The van der Waals surface area contributed by atoms with E-state index in [1.165, 1.54) is 24.3 Å². The number of nitrogens with one attached hydrogen (secondary N) is 2. The van der Waals surface area contributed by atoms with E-state index in [4.69, 9.17) is 0 Å². The van der Waals surface area contributed by atoms with Gasteiger partial charge in [0, 0.05) is 23.5 Å². The summed E-state index contributed by atoms with van der Waals surface area (Å²) in [6.45, 7) is 3.76. The third-order valence-corrected chi connectivity index (χ3v) is 3.96.